The SMILES string of the molecule is c1ccc(-c2cn3ccsc3n2)cc1. The molecule has 0 aliphatic rings. The zero-order chi connectivity index (χ0) is 9.38. The van der Waals surface area contributed by atoms with Gasteiger partial charge in [-0.25, -0.2) is 4.98 Å². The van der Waals surface area contributed by atoms with Crippen molar-refractivity contribution in [2.75, 3.05) is 0 Å². The predicted octanol–water partition coefficient (Wildman–Crippen LogP) is 3.06. The molecule has 0 aliphatic heterocycles. The third kappa shape index (κ3) is 1.14. The number of thiazole rings is 1. The van der Waals surface area contributed by atoms with Crippen molar-refractivity contribution in [2.45, 2.75) is 0 Å². The van der Waals surface area contributed by atoms with E-state index in [4.69, 9.17) is 0 Å². The van der Waals surface area contributed by atoms with E-state index in [-0.39, 0.29) is 0 Å². The summed E-state index contributed by atoms with van der Waals surface area (Å²) < 4.78 is 2.05. The number of aromatic nitrogens is 2. The molecule has 0 fully saturated rings. The fourth-order valence-electron chi connectivity index (χ4n) is 1.48. The van der Waals surface area contributed by atoms with Gasteiger partial charge in [0.15, 0.2) is 4.96 Å². The van der Waals surface area contributed by atoms with Crippen molar-refractivity contribution in [1.29, 1.82) is 0 Å². The monoisotopic (exact) mass is 200 g/mol. The van der Waals surface area contributed by atoms with Crippen LogP contribution in [-0.4, -0.2) is 9.38 Å². The topological polar surface area (TPSA) is 17.3 Å². The Morgan fingerprint density at radius 3 is 2.79 bits per heavy atom. The Labute approximate surface area is 85.5 Å². The Bertz CT molecular complexity index is 522. The Kier molecular flexibility index (Phi) is 1.64. The van der Waals surface area contributed by atoms with Crippen LogP contribution in [0.5, 0.6) is 0 Å². The van der Waals surface area contributed by atoms with Gasteiger partial charge in [-0.2, -0.15) is 0 Å². The highest BCUT2D eigenvalue weighted by Gasteiger charge is 2.03. The molecule has 14 heavy (non-hydrogen) atoms. The molecule has 0 atom stereocenters. The molecule has 0 spiro atoms. The minimum absolute atomic E-state index is 1.04. The number of nitrogens with zero attached hydrogens (tertiary/aromatic N) is 2. The second-order valence-electron chi connectivity index (χ2n) is 3.09. The highest BCUT2D eigenvalue weighted by atomic mass is 32.1. The van der Waals surface area contributed by atoms with Crippen LogP contribution < -0.4 is 0 Å². The summed E-state index contributed by atoms with van der Waals surface area (Å²) in [6.45, 7) is 0. The third-order valence-corrected chi connectivity index (χ3v) is 2.93. The van der Waals surface area contributed by atoms with Crippen LogP contribution in [0.2, 0.25) is 0 Å². The Balaban J connectivity index is 2.19. The fraction of sp³-hybridized carbons (Fsp3) is 0. The summed E-state index contributed by atoms with van der Waals surface area (Å²) in [5.74, 6) is 0. The fourth-order valence-corrected chi connectivity index (χ4v) is 2.18. The van der Waals surface area contributed by atoms with Crippen LogP contribution >= 0.6 is 11.3 Å². The molecule has 0 radical (unpaired) electrons. The molecule has 0 saturated carbocycles. The maximum absolute atomic E-state index is 4.52. The molecule has 0 saturated heterocycles. The second-order valence-corrected chi connectivity index (χ2v) is 3.96. The highest BCUT2D eigenvalue weighted by molar-refractivity contribution is 7.15. The van der Waals surface area contributed by atoms with E-state index in [2.05, 4.69) is 23.3 Å². The van der Waals surface area contributed by atoms with Crippen molar-refractivity contribution in [1.82, 2.24) is 9.38 Å². The van der Waals surface area contributed by atoms with E-state index in [0.717, 1.165) is 10.7 Å². The first kappa shape index (κ1) is 7.76. The molecule has 68 valence electrons. The van der Waals surface area contributed by atoms with Gasteiger partial charge in [0.05, 0.1) is 5.69 Å². The standard InChI is InChI=1S/C11H8N2S/c1-2-4-9(5-3-1)10-8-13-6-7-14-11(13)12-10/h1-8H. The molecular weight excluding hydrogens is 192 g/mol. The molecule has 3 aromatic rings. The van der Waals surface area contributed by atoms with Crippen LogP contribution in [0, 0.1) is 0 Å². The van der Waals surface area contributed by atoms with Crippen molar-refractivity contribution in [3.8, 4) is 11.3 Å². The van der Waals surface area contributed by atoms with Crippen molar-refractivity contribution in [3.05, 3.63) is 48.1 Å². The molecule has 2 nitrogen and oxygen atoms in total. The van der Waals surface area contributed by atoms with Gasteiger partial charge in [0.25, 0.3) is 0 Å². The Hall–Kier alpha value is -1.61. The van der Waals surface area contributed by atoms with Gasteiger partial charge in [0.1, 0.15) is 0 Å². The summed E-state index contributed by atoms with van der Waals surface area (Å²) in [6.07, 6.45) is 4.08. The maximum Gasteiger partial charge on any atom is 0.194 e. The lowest BCUT2D eigenvalue weighted by Gasteiger charge is -1.92. The summed E-state index contributed by atoms with van der Waals surface area (Å²) in [5, 5.41) is 2.04. The van der Waals surface area contributed by atoms with Crippen LogP contribution in [0.3, 0.4) is 0 Å². The number of rotatable bonds is 1. The van der Waals surface area contributed by atoms with Gasteiger partial charge in [-0.1, -0.05) is 30.3 Å². The van der Waals surface area contributed by atoms with Crippen molar-refractivity contribution in [3.63, 3.8) is 0 Å². The summed E-state index contributed by atoms with van der Waals surface area (Å²) in [4.78, 5) is 5.57. The van der Waals surface area contributed by atoms with Crippen LogP contribution in [0.1, 0.15) is 0 Å². The first-order chi connectivity index (χ1) is 6.93. The minimum Gasteiger partial charge on any atom is -0.297 e. The Morgan fingerprint density at radius 1 is 1.14 bits per heavy atom. The molecule has 0 aliphatic carbocycles. The molecule has 3 rings (SSSR count). The average molecular weight is 200 g/mol. The van der Waals surface area contributed by atoms with Gasteiger partial charge in [0, 0.05) is 23.3 Å². The lowest BCUT2D eigenvalue weighted by atomic mass is 10.2. The third-order valence-electron chi connectivity index (χ3n) is 2.16. The first-order valence-electron chi connectivity index (χ1n) is 4.41. The maximum atomic E-state index is 4.52. The lowest BCUT2D eigenvalue weighted by molar-refractivity contribution is 1.23. The largest absolute Gasteiger partial charge is 0.297 e. The van der Waals surface area contributed by atoms with Gasteiger partial charge >= 0.3 is 0 Å². The van der Waals surface area contributed by atoms with Crippen LogP contribution in [-0.2, 0) is 0 Å². The van der Waals surface area contributed by atoms with Crippen LogP contribution in [0.25, 0.3) is 16.2 Å². The number of hydrogen-bond donors (Lipinski definition) is 0. The van der Waals surface area contributed by atoms with E-state index in [0.29, 0.717) is 0 Å². The van der Waals surface area contributed by atoms with Gasteiger partial charge in [-0.05, 0) is 0 Å². The first-order valence-corrected chi connectivity index (χ1v) is 5.29. The molecule has 3 heteroatoms. The van der Waals surface area contributed by atoms with E-state index in [1.165, 1.54) is 5.56 Å². The van der Waals surface area contributed by atoms with E-state index < -0.39 is 0 Å². The van der Waals surface area contributed by atoms with E-state index in [9.17, 15) is 0 Å². The summed E-state index contributed by atoms with van der Waals surface area (Å²) in [6, 6.07) is 10.2. The summed E-state index contributed by atoms with van der Waals surface area (Å²) >= 11 is 1.65. The number of benzene rings is 1. The number of imidazole rings is 1. The van der Waals surface area contributed by atoms with Gasteiger partial charge < -0.3 is 0 Å². The quantitative estimate of drug-likeness (QED) is 0.590. The van der Waals surface area contributed by atoms with Crippen LogP contribution in [0.4, 0.5) is 0 Å². The number of hydrogen-bond acceptors (Lipinski definition) is 2. The minimum atomic E-state index is 1.04. The molecule has 2 heterocycles. The van der Waals surface area contributed by atoms with E-state index in [1.807, 2.05) is 34.2 Å². The van der Waals surface area contributed by atoms with Crippen molar-refractivity contribution >= 4 is 16.3 Å². The molecule has 1 aromatic carbocycles. The summed E-state index contributed by atoms with van der Waals surface area (Å²) in [7, 11) is 0. The van der Waals surface area contributed by atoms with Gasteiger partial charge in [-0.3, -0.25) is 4.40 Å². The lowest BCUT2D eigenvalue weighted by Crippen LogP contribution is -1.74. The van der Waals surface area contributed by atoms with E-state index in [1.54, 1.807) is 11.3 Å². The predicted molar refractivity (Wildman–Crippen MR) is 58.5 cm³/mol. The normalized spacial score (nSPS) is 10.9. The van der Waals surface area contributed by atoms with E-state index >= 15 is 0 Å². The Morgan fingerprint density at radius 2 is 2.00 bits per heavy atom. The number of fused-ring (bicyclic) bond motifs is 1. The average Bonchev–Trinajstić information content (AvgIpc) is 2.78. The van der Waals surface area contributed by atoms with Crippen molar-refractivity contribution < 1.29 is 0 Å². The molecule has 0 N–H and O–H groups in total. The summed E-state index contributed by atoms with van der Waals surface area (Å²) in [5.41, 5.74) is 2.21. The zero-order valence-corrected chi connectivity index (χ0v) is 8.24. The second kappa shape index (κ2) is 2.96. The van der Waals surface area contributed by atoms with Gasteiger partial charge in [0.2, 0.25) is 0 Å². The molecule has 0 unspecified atom stereocenters. The van der Waals surface area contributed by atoms with Crippen molar-refractivity contribution in [2.24, 2.45) is 0 Å². The molecule has 0 bridgehead atoms. The zero-order valence-electron chi connectivity index (χ0n) is 7.42. The molecular formula is C11H8N2S. The van der Waals surface area contributed by atoms with Crippen LogP contribution in [0.15, 0.2) is 48.1 Å². The molecule has 2 aromatic heterocycles. The highest BCUT2D eigenvalue weighted by Crippen LogP contribution is 2.20. The molecule has 0 amide bonds. The van der Waals surface area contributed by atoms with Gasteiger partial charge in [-0.15, -0.1) is 11.3 Å². The smallest absolute Gasteiger partial charge is 0.194 e.